The van der Waals surface area contributed by atoms with Crippen LogP contribution in [0.1, 0.15) is 13.8 Å². The van der Waals surface area contributed by atoms with Gasteiger partial charge in [0.25, 0.3) is 0 Å². The Labute approximate surface area is 126 Å². The smallest absolute Gasteiger partial charge is 0.188 e. The van der Waals surface area contributed by atoms with Crippen molar-refractivity contribution in [3.05, 3.63) is 48.3 Å². The van der Waals surface area contributed by atoms with Crippen LogP contribution in [-0.2, 0) is 0 Å². The van der Waals surface area contributed by atoms with Gasteiger partial charge in [-0.15, -0.1) is 0 Å². The Kier molecular flexibility index (Phi) is 3.75. The van der Waals surface area contributed by atoms with Crippen LogP contribution in [0.5, 0.6) is 5.75 Å². The maximum Gasteiger partial charge on any atom is 0.188 e. The highest BCUT2D eigenvalue weighted by atomic mass is 32.1. The molecule has 3 nitrogen and oxygen atoms in total. The van der Waals surface area contributed by atoms with Crippen molar-refractivity contribution in [2.45, 2.75) is 20.0 Å². The molecule has 0 amide bonds. The van der Waals surface area contributed by atoms with E-state index in [0.29, 0.717) is 0 Å². The molecule has 0 spiro atoms. The van der Waals surface area contributed by atoms with Gasteiger partial charge in [0.05, 0.1) is 16.3 Å². The van der Waals surface area contributed by atoms with E-state index in [4.69, 9.17) is 4.74 Å². The topological polar surface area (TPSA) is 34.1 Å². The van der Waals surface area contributed by atoms with Crippen molar-refractivity contribution in [3.63, 3.8) is 0 Å². The number of fused-ring (bicyclic) bond motifs is 1. The molecule has 0 aliphatic carbocycles. The highest BCUT2D eigenvalue weighted by Crippen LogP contribution is 2.29. The molecule has 1 heterocycles. The molecule has 2 aromatic carbocycles. The maximum atomic E-state index is 13.2. The van der Waals surface area contributed by atoms with Crippen LogP contribution in [0.25, 0.3) is 10.2 Å². The Balaban J connectivity index is 1.78. The second kappa shape index (κ2) is 5.69. The van der Waals surface area contributed by atoms with Crippen molar-refractivity contribution in [1.29, 1.82) is 0 Å². The molecule has 0 aliphatic rings. The van der Waals surface area contributed by atoms with Crippen LogP contribution in [0.15, 0.2) is 42.5 Å². The van der Waals surface area contributed by atoms with E-state index in [2.05, 4.69) is 10.3 Å². The average molecular weight is 302 g/mol. The van der Waals surface area contributed by atoms with E-state index in [0.717, 1.165) is 26.8 Å². The predicted octanol–water partition coefficient (Wildman–Crippen LogP) is 4.97. The minimum atomic E-state index is -0.243. The number of nitrogens with one attached hydrogen (secondary N) is 1. The van der Waals surface area contributed by atoms with Gasteiger partial charge in [-0.05, 0) is 56.3 Å². The zero-order valence-electron chi connectivity index (χ0n) is 11.8. The summed E-state index contributed by atoms with van der Waals surface area (Å²) in [6, 6.07) is 12.3. The molecule has 0 fully saturated rings. The molecule has 1 N–H and O–H groups in total. The molecule has 3 aromatic rings. The third-order valence-corrected chi connectivity index (χ3v) is 3.76. The molecule has 1 aromatic heterocycles. The molecule has 5 heteroatoms. The molecule has 0 unspecified atom stereocenters. The number of halogens is 1. The van der Waals surface area contributed by atoms with E-state index in [1.807, 2.05) is 38.1 Å². The summed E-state index contributed by atoms with van der Waals surface area (Å²) in [5, 5.41) is 3.97. The third kappa shape index (κ3) is 3.31. The molecule has 0 aliphatic heterocycles. The zero-order valence-corrected chi connectivity index (χ0v) is 12.6. The SMILES string of the molecule is CC(C)Oc1ccc(Nc2nc3ccc(F)cc3s2)cc1. The summed E-state index contributed by atoms with van der Waals surface area (Å²) in [5.41, 5.74) is 1.72. The first kappa shape index (κ1) is 13.8. The summed E-state index contributed by atoms with van der Waals surface area (Å²) < 4.78 is 19.6. The van der Waals surface area contributed by atoms with Gasteiger partial charge in [-0.25, -0.2) is 9.37 Å². The molecular weight excluding hydrogens is 287 g/mol. The number of rotatable bonds is 4. The Morgan fingerprint density at radius 3 is 2.62 bits per heavy atom. The molecule has 0 radical (unpaired) electrons. The van der Waals surface area contributed by atoms with Crippen molar-refractivity contribution in [2.75, 3.05) is 5.32 Å². The lowest BCUT2D eigenvalue weighted by Gasteiger charge is -2.10. The minimum absolute atomic E-state index is 0.156. The quantitative estimate of drug-likeness (QED) is 0.739. The molecule has 0 saturated heterocycles. The van der Waals surface area contributed by atoms with E-state index in [1.165, 1.54) is 23.5 Å². The monoisotopic (exact) mass is 302 g/mol. The van der Waals surface area contributed by atoms with Gasteiger partial charge in [-0.1, -0.05) is 11.3 Å². The zero-order chi connectivity index (χ0) is 14.8. The van der Waals surface area contributed by atoms with Crippen LogP contribution in [0.4, 0.5) is 15.2 Å². The number of hydrogen-bond donors (Lipinski definition) is 1. The van der Waals surface area contributed by atoms with Gasteiger partial charge < -0.3 is 10.1 Å². The van der Waals surface area contributed by atoms with Crippen molar-refractivity contribution in [2.24, 2.45) is 0 Å². The Morgan fingerprint density at radius 2 is 1.90 bits per heavy atom. The highest BCUT2D eigenvalue weighted by Gasteiger charge is 2.05. The summed E-state index contributed by atoms with van der Waals surface area (Å²) in [5.74, 6) is 0.592. The van der Waals surface area contributed by atoms with E-state index in [9.17, 15) is 4.39 Å². The van der Waals surface area contributed by atoms with E-state index in [1.54, 1.807) is 6.07 Å². The first-order chi connectivity index (χ1) is 10.1. The second-order valence-electron chi connectivity index (χ2n) is 4.95. The van der Waals surface area contributed by atoms with Gasteiger partial charge in [0.15, 0.2) is 5.13 Å². The van der Waals surface area contributed by atoms with Crippen LogP contribution in [0, 0.1) is 5.82 Å². The van der Waals surface area contributed by atoms with Gasteiger partial charge >= 0.3 is 0 Å². The van der Waals surface area contributed by atoms with E-state index < -0.39 is 0 Å². The second-order valence-corrected chi connectivity index (χ2v) is 5.98. The summed E-state index contributed by atoms with van der Waals surface area (Å²) in [4.78, 5) is 4.43. The Hall–Kier alpha value is -2.14. The number of thiazole rings is 1. The normalized spacial score (nSPS) is 11.0. The summed E-state index contributed by atoms with van der Waals surface area (Å²) in [6.45, 7) is 3.98. The van der Waals surface area contributed by atoms with Crippen LogP contribution in [-0.4, -0.2) is 11.1 Å². The van der Waals surface area contributed by atoms with Crippen molar-refractivity contribution < 1.29 is 9.13 Å². The van der Waals surface area contributed by atoms with E-state index in [-0.39, 0.29) is 11.9 Å². The van der Waals surface area contributed by atoms with Crippen molar-refractivity contribution in [1.82, 2.24) is 4.98 Å². The number of hydrogen-bond acceptors (Lipinski definition) is 4. The minimum Gasteiger partial charge on any atom is -0.491 e. The fraction of sp³-hybridized carbons (Fsp3) is 0.188. The largest absolute Gasteiger partial charge is 0.491 e. The van der Waals surface area contributed by atoms with Crippen molar-refractivity contribution in [3.8, 4) is 5.75 Å². The Bertz CT molecular complexity index is 753. The van der Waals surface area contributed by atoms with Gasteiger partial charge in [0, 0.05) is 5.69 Å². The first-order valence-electron chi connectivity index (χ1n) is 6.70. The molecular formula is C16H15FN2OS. The fourth-order valence-corrected chi connectivity index (χ4v) is 2.88. The molecule has 0 bridgehead atoms. The number of anilines is 2. The Morgan fingerprint density at radius 1 is 1.14 bits per heavy atom. The highest BCUT2D eigenvalue weighted by molar-refractivity contribution is 7.22. The standard InChI is InChI=1S/C16H15FN2OS/c1-10(2)20-13-6-4-12(5-7-13)18-16-19-14-8-3-11(17)9-15(14)21-16/h3-10H,1-2H3,(H,18,19). The fourth-order valence-electron chi connectivity index (χ4n) is 1.96. The maximum absolute atomic E-state index is 13.2. The van der Waals surface area contributed by atoms with Crippen LogP contribution in [0.3, 0.4) is 0 Å². The van der Waals surface area contributed by atoms with Crippen LogP contribution < -0.4 is 10.1 Å². The molecule has 108 valence electrons. The lowest BCUT2D eigenvalue weighted by Crippen LogP contribution is -2.05. The summed E-state index contributed by atoms with van der Waals surface area (Å²) in [6.07, 6.45) is 0.156. The van der Waals surface area contributed by atoms with Gasteiger partial charge in [0.1, 0.15) is 11.6 Å². The van der Waals surface area contributed by atoms with Gasteiger partial charge in [-0.3, -0.25) is 0 Å². The average Bonchev–Trinajstić information content (AvgIpc) is 2.82. The van der Waals surface area contributed by atoms with Gasteiger partial charge in [0.2, 0.25) is 0 Å². The summed E-state index contributed by atoms with van der Waals surface area (Å²) >= 11 is 1.43. The number of benzene rings is 2. The number of nitrogens with zero attached hydrogens (tertiary/aromatic N) is 1. The predicted molar refractivity (Wildman–Crippen MR) is 85.1 cm³/mol. The first-order valence-corrected chi connectivity index (χ1v) is 7.51. The third-order valence-electron chi connectivity index (χ3n) is 2.83. The molecule has 3 rings (SSSR count). The summed E-state index contributed by atoms with van der Waals surface area (Å²) in [7, 11) is 0. The van der Waals surface area contributed by atoms with Crippen LogP contribution in [0.2, 0.25) is 0 Å². The van der Waals surface area contributed by atoms with Crippen LogP contribution >= 0.6 is 11.3 Å². The molecule has 0 atom stereocenters. The van der Waals surface area contributed by atoms with Gasteiger partial charge in [-0.2, -0.15) is 0 Å². The number of ether oxygens (including phenoxy) is 1. The number of aromatic nitrogens is 1. The lowest BCUT2D eigenvalue weighted by atomic mass is 10.3. The van der Waals surface area contributed by atoms with Crippen molar-refractivity contribution >= 4 is 32.4 Å². The van der Waals surface area contributed by atoms with E-state index >= 15 is 0 Å². The lowest BCUT2D eigenvalue weighted by molar-refractivity contribution is 0.242. The molecule has 0 saturated carbocycles. The molecule has 21 heavy (non-hydrogen) atoms.